The number of nitrogens with zero attached hydrogens (tertiary/aromatic N) is 2. The van der Waals surface area contributed by atoms with Crippen LogP contribution in [0.1, 0.15) is 18.4 Å². The van der Waals surface area contributed by atoms with Crippen molar-refractivity contribution in [2.45, 2.75) is 32.9 Å². The molecule has 1 aromatic rings. The molecule has 1 fully saturated rings. The Balaban J connectivity index is 1.99. The van der Waals surface area contributed by atoms with E-state index >= 15 is 0 Å². The van der Waals surface area contributed by atoms with E-state index in [1.165, 1.54) is 0 Å². The van der Waals surface area contributed by atoms with Gasteiger partial charge in [-0.25, -0.2) is 4.98 Å². The highest BCUT2D eigenvalue weighted by molar-refractivity contribution is 5.03. The highest BCUT2D eigenvalue weighted by Gasteiger charge is 2.15. The molecule has 2 heterocycles. The Hall–Kier alpha value is -0.870. The van der Waals surface area contributed by atoms with Crippen LogP contribution in [0.3, 0.4) is 0 Å². The number of rotatable bonds is 3. The van der Waals surface area contributed by atoms with Crippen LogP contribution >= 0.6 is 0 Å². The van der Waals surface area contributed by atoms with E-state index in [0.29, 0.717) is 0 Å². The summed E-state index contributed by atoms with van der Waals surface area (Å²) < 4.78 is 7.86. The molecule has 0 radical (unpaired) electrons. The van der Waals surface area contributed by atoms with E-state index in [-0.39, 0.29) is 6.10 Å². The predicted octanol–water partition coefficient (Wildman–Crippen LogP) is 0.742. The normalized spacial score (nSPS) is 21.9. The van der Waals surface area contributed by atoms with Crippen LogP contribution in [0.2, 0.25) is 0 Å². The topological polar surface area (TPSA) is 39.1 Å². The number of ether oxygens (including phenoxy) is 1. The fraction of sp³-hybridized carbons (Fsp3) is 0.727. The van der Waals surface area contributed by atoms with E-state index < -0.39 is 0 Å². The molecule has 1 aromatic heterocycles. The molecule has 0 amide bonds. The minimum Gasteiger partial charge on any atom is -0.374 e. The third-order valence-electron chi connectivity index (χ3n) is 2.79. The molecule has 1 aliphatic rings. The monoisotopic (exact) mass is 209 g/mol. The van der Waals surface area contributed by atoms with Gasteiger partial charge in [-0.15, -0.1) is 0 Å². The molecule has 15 heavy (non-hydrogen) atoms. The highest BCUT2D eigenvalue weighted by Crippen LogP contribution is 2.07. The fourth-order valence-electron chi connectivity index (χ4n) is 1.89. The van der Waals surface area contributed by atoms with Crippen LogP contribution in [0.4, 0.5) is 0 Å². The van der Waals surface area contributed by atoms with Crippen LogP contribution in [0.25, 0.3) is 0 Å². The Labute approximate surface area is 90.6 Å². The van der Waals surface area contributed by atoms with E-state index in [9.17, 15) is 0 Å². The molecule has 4 heteroatoms. The summed E-state index contributed by atoms with van der Waals surface area (Å²) in [7, 11) is 0. The maximum absolute atomic E-state index is 5.67. The summed E-state index contributed by atoms with van der Waals surface area (Å²) in [5, 5.41) is 3.34. The van der Waals surface area contributed by atoms with Gasteiger partial charge in [0.05, 0.1) is 24.9 Å². The number of imidazole rings is 1. The molecule has 0 spiro atoms. The van der Waals surface area contributed by atoms with Crippen molar-refractivity contribution in [3.63, 3.8) is 0 Å². The van der Waals surface area contributed by atoms with Gasteiger partial charge in [-0.05, 0) is 13.3 Å². The predicted molar refractivity (Wildman–Crippen MR) is 59.0 cm³/mol. The van der Waals surface area contributed by atoms with Crippen LogP contribution in [-0.4, -0.2) is 35.4 Å². The zero-order chi connectivity index (χ0) is 10.7. The molecule has 1 saturated heterocycles. The van der Waals surface area contributed by atoms with E-state index in [4.69, 9.17) is 4.74 Å². The second kappa shape index (κ2) is 4.77. The molecule has 84 valence electrons. The van der Waals surface area contributed by atoms with Crippen molar-refractivity contribution >= 4 is 0 Å². The summed E-state index contributed by atoms with van der Waals surface area (Å²) in [5.74, 6) is 1.08. The van der Waals surface area contributed by atoms with E-state index in [1.54, 1.807) is 0 Å². The Morgan fingerprint density at radius 2 is 2.53 bits per heavy atom. The molecular weight excluding hydrogens is 190 g/mol. The quantitative estimate of drug-likeness (QED) is 0.798. The Kier molecular flexibility index (Phi) is 3.38. The smallest absolute Gasteiger partial charge is 0.105 e. The number of aromatic nitrogens is 2. The number of hydrogen-bond donors (Lipinski definition) is 1. The first-order valence-corrected chi connectivity index (χ1v) is 5.64. The lowest BCUT2D eigenvalue weighted by Crippen LogP contribution is -2.40. The van der Waals surface area contributed by atoms with Gasteiger partial charge >= 0.3 is 0 Å². The van der Waals surface area contributed by atoms with Crippen molar-refractivity contribution in [3.05, 3.63) is 17.7 Å². The summed E-state index contributed by atoms with van der Waals surface area (Å²) in [4.78, 5) is 4.48. The molecule has 1 N–H and O–H groups in total. The van der Waals surface area contributed by atoms with Crippen LogP contribution in [-0.2, 0) is 17.7 Å². The lowest BCUT2D eigenvalue weighted by atomic mass is 10.3. The molecule has 0 bridgehead atoms. The van der Waals surface area contributed by atoms with Crippen LogP contribution in [0.15, 0.2) is 6.20 Å². The Morgan fingerprint density at radius 1 is 1.67 bits per heavy atom. The van der Waals surface area contributed by atoms with E-state index in [0.717, 1.165) is 44.2 Å². The summed E-state index contributed by atoms with van der Waals surface area (Å²) in [6.07, 6.45) is 3.42. The average Bonchev–Trinajstić information content (AvgIpc) is 2.61. The lowest BCUT2D eigenvalue weighted by Gasteiger charge is -2.24. The van der Waals surface area contributed by atoms with Gasteiger partial charge in [0.25, 0.3) is 0 Å². The first kappa shape index (κ1) is 10.6. The number of nitrogens with one attached hydrogen (secondary N) is 1. The highest BCUT2D eigenvalue weighted by atomic mass is 16.5. The molecule has 0 saturated carbocycles. The summed E-state index contributed by atoms with van der Waals surface area (Å²) >= 11 is 0. The van der Waals surface area contributed by atoms with Crippen molar-refractivity contribution in [3.8, 4) is 0 Å². The van der Waals surface area contributed by atoms with Crippen molar-refractivity contribution in [1.82, 2.24) is 14.9 Å². The molecule has 0 unspecified atom stereocenters. The van der Waals surface area contributed by atoms with E-state index in [2.05, 4.69) is 34.9 Å². The number of aryl methyl sites for hydroxylation is 2. The largest absolute Gasteiger partial charge is 0.374 e. The van der Waals surface area contributed by atoms with Crippen molar-refractivity contribution in [1.29, 1.82) is 0 Å². The van der Waals surface area contributed by atoms with Gasteiger partial charge in [-0.2, -0.15) is 0 Å². The molecule has 4 nitrogen and oxygen atoms in total. The maximum atomic E-state index is 5.67. The van der Waals surface area contributed by atoms with Gasteiger partial charge in [0, 0.05) is 19.3 Å². The molecule has 2 rings (SSSR count). The molecule has 1 atom stereocenters. The van der Waals surface area contributed by atoms with Crippen LogP contribution in [0, 0.1) is 6.92 Å². The molecule has 0 aromatic carbocycles. The maximum Gasteiger partial charge on any atom is 0.105 e. The summed E-state index contributed by atoms with van der Waals surface area (Å²) in [6.45, 7) is 7.82. The van der Waals surface area contributed by atoms with Crippen LogP contribution in [0.5, 0.6) is 0 Å². The first-order chi connectivity index (χ1) is 7.29. The second-order valence-corrected chi connectivity index (χ2v) is 3.98. The van der Waals surface area contributed by atoms with E-state index in [1.807, 2.05) is 0 Å². The van der Waals surface area contributed by atoms with Crippen molar-refractivity contribution in [2.24, 2.45) is 0 Å². The Morgan fingerprint density at radius 3 is 3.13 bits per heavy atom. The van der Waals surface area contributed by atoms with Gasteiger partial charge in [0.15, 0.2) is 0 Å². The number of hydrogen-bond acceptors (Lipinski definition) is 3. The molecular formula is C11H19N3O. The SMILES string of the molecule is CCc1cn(C[C@@H]2CNCCO2)c(C)n1. The second-order valence-electron chi connectivity index (χ2n) is 3.98. The molecule has 1 aliphatic heterocycles. The summed E-state index contributed by atoms with van der Waals surface area (Å²) in [5.41, 5.74) is 1.16. The lowest BCUT2D eigenvalue weighted by molar-refractivity contribution is 0.0179. The number of morpholine rings is 1. The average molecular weight is 209 g/mol. The van der Waals surface area contributed by atoms with Gasteiger partial charge in [0.2, 0.25) is 0 Å². The molecule has 0 aliphatic carbocycles. The minimum absolute atomic E-state index is 0.288. The third kappa shape index (κ3) is 2.58. The third-order valence-corrected chi connectivity index (χ3v) is 2.79. The van der Waals surface area contributed by atoms with Crippen molar-refractivity contribution in [2.75, 3.05) is 19.7 Å². The van der Waals surface area contributed by atoms with Gasteiger partial charge < -0.3 is 14.6 Å². The first-order valence-electron chi connectivity index (χ1n) is 5.64. The minimum atomic E-state index is 0.288. The van der Waals surface area contributed by atoms with Crippen LogP contribution < -0.4 is 5.32 Å². The zero-order valence-corrected chi connectivity index (χ0v) is 9.49. The fourth-order valence-corrected chi connectivity index (χ4v) is 1.89. The van der Waals surface area contributed by atoms with Gasteiger partial charge in [-0.3, -0.25) is 0 Å². The van der Waals surface area contributed by atoms with Gasteiger partial charge in [-0.1, -0.05) is 6.92 Å². The summed E-state index contributed by atoms with van der Waals surface area (Å²) in [6, 6.07) is 0. The Bertz CT molecular complexity index is 316. The standard InChI is InChI=1S/C11H19N3O/c1-3-10-7-14(9(2)13-10)8-11-6-12-4-5-15-11/h7,11-12H,3-6,8H2,1-2H3/t11-/m0/s1. The zero-order valence-electron chi connectivity index (χ0n) is 9.49. The van der Waals surface area contributed by atoms with Crippen molar-refractivity contribution < 1.29 is 4.74 Å². The van der Waals surface area contributed by atoms with Gasteiger partial charge in [0.1, 0.15) is 5.82 Å².